The average molecular weight is 958 g/mol. The molecule has 0 aromatic rings. The van der Waals surface area contributed by atoms with Crippen LogP contribution in [0.2, 0.25) is 0 Å². The van der Waals surface area contributed by atoms with Crippen molar-refractivity contribution in [2.45, 2.75) is 341 Å². The Morgan fingerprint density at radius 2 is 0.529 bits per heavy atom. The van der Waals surface area contributed by atoms with Crippen LogP contribution < -0.4 is 0 Å². The molecule has 68 heavy (non-hydrogen) atoms. The van der Waals surface area contributed by atoms with Gasteiger partial charge in [0.2, 0.25) is 0 Å². The lowest BCUT2D eigenvalue weighted by Crippen LogP contribution is -2.30. The summed E-state index contributed by atoms with van der Waals surface area (Å²) in [5.41, 5.74) is 0. The minimum Gasteiger partial charge on any atom is -0.462 e. The standard InChI is InChI=1S/C62H116O6/c1-4-7-10-13-16-19-22-25-28-30-31-33-34-37-40-43-46-49-52-55-61(64)67-58-59(57-66-60(63)54-51-48-45-42-39-36-27-24-21-18-15-12-9-6-3)68-62(65)56-53-50-47-44-41-38-35-32-29-26-23-20-17-14-11-8-5-2/h17,20,26,29,59H,4-16,18-19,21-25,27-28,30-58H2,1-3H3/b20-17+,29-26+/t59-/m1/s1. The van der Waals surface area contributed by atoms with Crippen LogP contribution in [-0.2, 0) is 28.6 Å². The molecule has 6 heteroatoms. The summed E-state index contributed by atoms with van der Waals surface area (Å²) in [4.78, 5) is 38.2. The fourth-order valence-electron chi connectivity index (χ4n) is 9.12. The maximum atomic E-state index is 12.9. The third-order valence-corrected chi connectivity index (χ3v) is 13.7. The maximum Gasteiger partial charge on any atom is 0.306 e. The van der Waals surface area contributed by atoms with Crippen molar-refractivity contribution in [2.75, 3.05) is 13.2 Å². The topological polar surface area (TPSA) is 78.9 Å². The first kappa shape index (κ1) is 65.9. The van der Waals surface area contributed by atoms with Crippen LogP contribution in [0.5, 0.6) is 0 Å². The molecule has 0 rings (SSSR count). The summed E-state index contributed by atoms with van der Waals surface area (Å²) in [5, 5.41) is 0. The lowest BCUT2D eigenvalue weighted by Gasteiger charge is -2.18. The Labute approximate surface area is 423 Å². The third-order valence-electron chi connectivity index (χ3n) is 13.7. The van der Waals surface area contributed by atoms with E-state index in [2.05, 4.69) is 45.1 Å². The third kappa shape index (κ3) is 54.8. The van der Waals surface area contributed by atoms with Crippen LogP contribution in [0, 0.1) is 0 Å². The smallest absolute Gasteiger partial charge is 0.306 e. The zero-order valence-corrected chi connectivity index (χ0v) is 45.9. The molecule has 0 aliphatic rings. The van der Waals surface area contributed by atoms with Crippen LogP contribution in [0.1, 0.15) is 335 Å². The minimum atomic E-state index is -0.771. The molecule has 400 valence electrons. The molecule has 0 aliphatic carbocycles. The van der Waals surface area contributed by atoms with E-state index in [1.165, 1.54) is 225 Å². The van der Waals surface area contributed by atoms with E-state index in [0.29, 0.717) is 19.3 Å². The average Bonchev–Trinajstić information content (AvgIpc) is 3.34. The Bertz CT molecular complexity index is 1100. The highest BCUT2D eigenvalue weighted by molar-refractivity contribution is 5.71. The Balaban J connectivity index is 4.31. The minimum absolute atomic E-state index is 0.0687. The van der Waals surface area contributed by atoms with Crippen molar-refractivity contribution in [1.82, 2.24) is 0 Å². The quantitative estimate of drug-likeness (QED) is 0.0262. The number of hydrogen-bond donors (Lipinski definition) is 0. The van der Waals surface area contributed by atoms with Gasteiger partial charge in [-0.25, -0.2) is 0 Å². The molecule has 0 aromatic carbocycles. The molecule has 0 unspecified atom stereocenters. The Morgan fingerprint density at radius 3 is 0.838 bits per heavy atom. The van der Waals surface area contributed by atoms with Gasteiger partial charge in [0.15, 0.2) is 6.10 Å². The lowest BCUT2D eigenvalue weighted by atomic mass is 10.0. The van der Waals surface area contributed by atoms with E-state index in [9.17, 15) is 14.4 Å². The van der Waals surface area contributed by atoms with Crippen LogP contribution in [0.3, 0.4) is 0 Å². The second-order valence-electron chi connectivity index (χ2n) is 20.6. The Morgan fingerprint density at radius 1 is 0.294 bits per heavy atom. The molecule has 0 amide bonds. The largest absolute Gasteiger partial charge is 0.462 e. The van der Waals surface area contributed by atoms with Crippen molar-refractivity contribution in [1.29, 1.82) is 0 Å². The number of allylic oxidation sites excluding steroid dienone is 4. The number of ether oxygens (including phenoxy) is 3. The number of esters is 3. The van der Waals surface area contributed by atoms with Crippen molar-refractivity contribution in [3.05, 3.63) is 24.3 Å². The second-order valence-corrected chi connectivity index (χ2v) is 20.6. The van der Waals surface area contributed by atoms with Crippen molar-refractivity contribution in [2.24, 2.45) is 0 Å². The van der Waals surface area contributed by atoms with Gasteiger partial charge in [0.1, 0.15) is 13.2 Å². The van der Waals surface area contributed by atoms with E-state index in [-0.39, 0.29) is 31.1 Å². The van der Waals surface area contributed by atoms with Gasteiger partial charge in [0, 0.05) is 19.3 Å². The Hall–Kier alpha value is -2.11. The zero-order chi connectivity index (χ0) is 49.3. The van der Waals surface area contributed by atoms with E-state index < -0.39 is 6.10 Å². The molecule has 0 aliphatic heterocycles. The van der Waals surface area contributed by atoms with Crippen molar-refractivity contribution < 1.29 is 28.6 Å². The summed E-state index contributed by atoms with van der Waals surface area (Å²) in [5.74, 6) is -0.852. The molecule has 1 atom stereocenters. The highest BCUT2D eigenvalue weighted by Crippen LogP contribution is 2.17. The Kier molecular flexibility index (Phi) is 55.7. The van der Waals surface area contributed by atoms with Gasteiger partial charge < -0.3 is 14.2 Å². The molecular weight excluding hydrogens is 841 g/mol. The maximum absolute atomic E-state index is 12.9. The predicted molar refractivity (Wildman–Crippen MR) is 293 cm³/mol. The molecular formula is C62H116O6. The molecule has 0 N–H and O–H groups in total. The van der Waals surface area contributed by atoms with Gasteiger partial charge in [-0.05, 0) is 51.4 Å². The van der Waals surface area contributed by atoms with Crippen LogP contribution in [0.4, 0.5) is 0 Å². The molecule has 0 spiro atoms. The van der Waals surface area contributed by atoms with Crippen molar-refractivity contribution in [3.63, 3.8) is 0 Å². The fraction of sp³-hybridized carbons (Fsp3) is 0.887. The molecule has 0 aromatic heterocycles. The van der Waals surface area contributed by atoms with Crippen LogP contribution in [-0.4, -0.2) is 37.2 Å². The van der Waals surface area contributed by atoms with Crippen molar-refractivity contribution >= 4 is 17.9 Å². The SMILES string of the molecule is CCCCC/C=C/C/C=C/CCCCCCCCCC(=O)O[C@H](COC(=O)CCCCCCCCCCCCCCCC)COC(=O)CCCCCCCCCCCCCCCCCCCCC. The van der Waals surface area contributed by atoms with Gasteiger partial charge in [0.05, 0.1) is 0 Å². The summed E-state index contributed by atoms with van der Waals surface area (Å²) in [7, 11) is 0. The number of hydrogen-bond acceptors (Lipinski definition) is 6. The molecule has 0 fully saturated rings. The number of unbranched alkanes of at least 4 members (excludes halogenated alkanes) is 41. The van der Waals surface area contributed by atoms with Crippen LogP contribution in [0.15, 0.2) is 24.3 Å². The zero-order valence-electron chi connectivity index (χ0n) is 45.9. The number of carbonyl (C=O) groups excluding carboxylic acids is 3. The molecule has 0 bridgehead atoms. The first-order chi connectivity index (χ1) is 33.5. The van der Waals surface area contributed by atoms with Gasteiger partial charge in [-0.15, -0.1) is 0 Å². The van der Waals surface area contributed by atoms with Gasteiger partial charge in [-0.3, -0.25) is 14.4 Å². The predicted octanol–water partition coefficient (Wildman–Crippen LogP) is 20.3. The van der Waals surface area contributed by atoms with Gasteiger partial charge in [0.25, 0.3) is 0 Å². The summed E-state index contributed by atoms with van der Waals surface area (Å²) >= 11 is 0. The molecule has 0 saturated heterocycles. The first-order valence-corrected chi connectivity index (χ1v) is 30.3. The molecule has 0 heterocycles. The first-order valence-electron chi connectivity index (χ1n) is 30.3. The summed E-state index contributed by atoms with van der Waals surface area (Å²) < 4.78 is 16.9. The summed E-state index contributed by atoms with van der Waals surface area (Å²) in [6, 6.07) is 0. The lowest BCUT2D eigenvalue weighted by molar-refractivity contribution is -0.167. The summed E-state index contributed by atoms with van der Waals surface area (Å²) in [6.45, 7) is 6.67. The highest BCUT2D eigenvalue weighted by atomic mass is 16.6. The van der Waals surface area contributed by atoms with E-state index >= 15 is 0 Å². The number of carbonyl (C=O) groups is 3. The highest BCUT2D eigenvalue weighted by Gasteiger charge is 2.19. The second kappa shape index (κ2) is 57.5. The molecule has 0 radical (unpaired) electrons. The van der Waals surface area contributed by atoms with Crippen LogP contribution in [0.25, 0.3) is 0 Å². The van der Waals surface area contributed by atoms with Gasteiger partial charge in [-0.2, -0.15) is 0 Å². The fourth-order valence-corrected chi connectivity index (χ4v) is 9.12. The van der Waals surface area contributed by atoms with E-state index in [1.807, 2.05) is 0 Å². The summed E-state index contributed by atoms with van der Waals surface area (Å²) in [6.07, 6.45) is 67.4. The molecule has 6 nitrogen and oxygen atoms in total. The van der Waals surface area contributed by atoms with Gasteiger partial charge in [-0.1, -0.05) is 289 Å². The monoisotopic (exact) mass is 957 g/mol. The van der Waals surface area contributed by atoms with E-state index in [0.717, 1.165) is 70.6 Å². The van der Waals surface area contributed by atoms with E-state index in [4.69, 9.17) is 14.2 Å². The molecule has 0 saturated carbocycles. The van der Waals surface area contributed by atoms with Crippen LogP contribution >= 0.6 is 0 Å². The van der Waals surface area contributed by atoms with Gasteiger partial charge >= 0.3 is 17.9 Å². The van der Waals surface area contributed by atoms with Crippen molar-refractivity contribution in [3.8, 4) is 0 Å². The number of rotatable bonds is 56. The van der Waals surface area contributed by atoms with E-state index in [1.54, 1.807) is 0 Å². The normalized spacial score (nSPS) is 12.1.